The van der Waals surface area contributed by atoms with Crippen LogP contribution >= 0.6 is 0 Å². The van der Waals surface area contributed by atoms with Crippen LogP contribution in [0, 0.1) is 0 Å². The van der Waals surface area contributed by atoms with Crippen molar-refractivity contribution in [3.05, 3.63) is 49.6 Å². The fraction of sp³-hybridized carbons (Fsp3) is 0.200. The van der Waals surface area contributed by atoms with Crippen LogP contribution in [0.25, 0.3) is 11.6 Å². The average Bonchev–Trinajstić information content (AvgIpc) is 3.25. The summed E-state index contributed by atoms with van der Waals surface area (Å²) < 4.78 is 3.70. The van der Waals surface area contributed by atoms with Gasteiger partial charge in [0, 0.05) is 38.4 Å². The predicted octanol–water partition coefficient (Wildman–Crippen LogP) is 2.06. The van der Waals surface area contributed by atoms with Gasteiger partial charge in [-0.3, -0.25) is 9.13 Å². The Hall–Kier alpha value is -2.96. The predicted molar refractivity (Wildman–Crippen MR) is 84.9 cm³/mol. The molecule has 0 saturated heterocycles. The Morgan fingerprint density at radius 3 is 2.50 bits per heavy atom. The third kappa shape index (κ3) is 2.88. The van der Waals surface area contributed by atoms with Crippen LogP contribution in [0.15, 0.2) is 54.6 Å². The molecule has 0 unspecified atom stereocenters. The SMILES string of the molecule is CCN(C)/C=N/c1ccc(-n2ccnc2)nc1-n1ccnc1. The molecule has 0 atom stereocenters. The number of nitrogens with zero attached hydrogens (tertiary/aromatic N) is 7. The molecular formula is C15H17N7. The van der Waals surface area contributed by atoms with Gasteiger partial charge in [0.1, 0.15) is 24.2 Å². The van der Waals surface area contributed by atoms with Gasteiger partial charge in [-0.05, 0) is 19.1 Å². The third-order valence-corrected chi connectivity index (χ3v) is 3.25. The molecule has 112 valence electrons. The van der Waals surface area contributed by atoms with Crippen LogP contribution in [-0.4, -0.2) is 48.9 Å². The smallest absolute Gasteiger partial charge is 0.166 e. The quantitative estimate of drug-likeness (QED) is 0.534. The number of hydrogen-bond donors (Lipinski definition) is 0. The molecule has 0 radical (unpaired) electrons. The van der Waals surface area contributed by atoms with Gasteiger partial charge in [-0.1, -0.05) is 0 Å². The van der Waals surface area contributed by atoms with Gasteiger partial charge in [-0.2, -0.15) is 0 Å². The standard InChI is InChI=1S/C15H17N7/c1-3-20(2)12-18-13-4-5-14(21-8-6-16-10-21)19-15(13)22-9-7-17-11-22/h4-12H,3H2,1-2H3/b18-12+. The minimum absolute atomic E-state index is 0.726. The molecule has 0 saturated carbocycles. The summed E-state index contributed by atoms with van der Waals surface area (Å²) in [7, 11) is 1.98. The van der Waals surface area contributed by atoms with Gasteiger partial charge in [0.2, 0.25) is 0 Å². The molecule has 0 bridgehead atoms. The van der Waals surface area contributed by atoms with Crippen molar-refractivity contribution in [3.8, 4) is 11.6 Å². The van der Waals surface area contributed by atoms with E-state index < -0.39 is 0 Å². The first-order chi connectivity index (χ1) is 10.8. The zero-order valence-electron chi connectivity index (χ0n) is 12.5. The van der Waals surface area contributed by atoms with Crippen molar-refractivity contribution in [1.29, 1.82) is 0 Å². The fourth-order valence-corrected chi connectivity index (χ4v) is 1.89. The fourth-order valence-electron chi connectivity index (χ4n) is 1.89. The van der Waals surface area contributed by atoms with Crippen molar-refractivity contribution in [2.24, 2.45) is 4.99 Å². The molecule has 0 aliphatic rings. The van der Waals surface area contributed by atoms with Crippen LogP contribution in [0.3, 0.4) is 0 Å². The molecule has 3 aromatic heterocycles. The van der Waals surface area contributed by atoms with Gasteiger partial charge in [0.25, 0.3) is 0 Å². The second kappa shape index (κ2) is 6.21. The Kier molecular flexibility index (Phi) is 3.95. The normalized spacial score (nSPS) is 11.2. The summed E-state index contributed by atoms with van der Waals surface area (Å²) in [6, 6.07) is 3.86. The first kappa shape index (κ1) is 14.0. The molecule has 3 rings (SSSR count). The number of aromatic nitrogens is 5. The van der Waals surface area contributed by atoms with Crippen LogP contribution in [-0.2, 0) is 0 Å². The maximum absolute atomic E-state index is 4.68. The van der Waals surface area contributed by atoms with Crippen molar-refractivity contribution in [2.45, 2.75) is 6.92 Å². The van der Waals surface area contributed by atoms with Gasteiger partial charge in [0.15, 0.2) is 5.82 Å². The number of aliphatic imine (C=N–C) groups is 1. The second-order valence-corrected chi connectivity index (χ2v) is 4.77. The molecule has 0 amide bonds. The minimum atomic E-state index is 0.726. The molecule has 0 aromatic carbocycles. The van der Waals surface area contributed by atoms with Crippen LogP contribution in [0.4, 0.5) is 5.69 Å². The van der Waals surface area contributed by atoms with Crippen LogP contribution in [0.1, 0.15) is 6.92 Å². The van der Waals surface area contributed by atoms with Crippen LogP contribution in [0.5, 0.6) is 0 Å². The van der Waals surface area contributed by atoms with E-state index in [0.717, 1.165) is 23.9 Å². The molecular weight excluding hydrogens is 278 g/mol. The summed E-state index contributed by atoms with van der Waals surface area (Å²) in [5.74, 6) is 1.51. The summed E-state index contributed by atoms with van der Waals surface area (Å²) in [6.45, 7) is 2.97. The van der Waals surface area contributed by atoms with E-state index in [-0.39, 0.29) is 0 Å². The first-order valence-electron chi connectivity index (χ1n) is 7.00. The molecule has 0 N–H and O–H groups in total. The van der Waals surface area contributed by atoms with E-state index in [1.54, 1.807) is 31.4 Å². The molecule has 0 aliphatic heterocycles. The number of hydrogen-bond acceptors (Lipinski definition) is 4. The lowest BCUT2D eigenvalue weighted by Crippen LogP contribution is -2.14. The zero-order chi connectivity index (χ0) is 15.4. The van der Waals surface area contributed by atoms with Gasteiger partial charge in [-0.25, -0.2) is 19.9 Å². The van der Waals surface area contributed by atoms with Crippen molar-refractivity contribution >= 4 is 12.0 Å². The zero-order valence-corrected chi connectivity index (χ0v) is 12.5. The summed E-state index contributed by atoms with van der Waals surface area (Å²) in [5, 5.41) is 0. The Morgan fingerprint density at radius 1 is 1.14 bits per heavy atom. The van der Waals surface area contributed by atoms with Crippen molar-refractivity contribution < 1.29 is 0 Å². The molecule has 0 spiro atoms. The number of rotatable bonds is 5. The summed E-state index contributed by atoms with van der Waals surface area (Å²) in [4.78, 5) is 19.3. The van der Waals surface area contributed by atoms with E-state index in [1.807, 2.05) is 45.6 Å². The third-order valence-electron chi connectivity index (χ3n) is 3.25. The van der Waals surface area contributed by atoms with Crippen molar-refractivity contribution in [1.82, 2.24) is 29.0 Å². The van der Waals surface area contributed by atoms with Gasteiger partial charge in [-0.15, -0.1) is 0 Å². The van der Waals surface area contributed by atoms with Crippen molar-refractivity contribution in [3.63, 3.8) is 0 Å². The maximum atomic E-state index is 4.68. The van der Waals surface area contributed by atoms with Crippen LogP contribution < -0.4 is 0 Å². The minimum Gasteiger partial charge on any atom is -0.366 e. The maximum Gasteiger partial charge on any atom is 0.166 e. The lowest BCUT2D eigenvalue weighted by atomic mass is 10.3. The Balaban J connectivity index is 2.04. The van der Waals surface area contributed by atoms with E-state index >= 15 is 0 Å². The van der Waals surface area contributed by atoms with Gasteiger partial charge < -0.3 is 4.90 Å². The molecule has 0 fully saturated rings. The Labute approximate surface area is 128 Å². The summed E-state index contributed by atoms with van der Waals surface area (Å²) in [6.07, 6.45) is 12.4. The molecule has 7 heteroatoms. The lowest BCUT2D eigenvalue weighted by molar-refractivity contribution is 0.552. The lowest BCUT2D eigenvalue weighted by Gasteiger charge is -2.11. The van der Waals surface area contributed by atoms with E-state index in [9.17, 15) is 0 Å². The van der Waals surface area contributed by atoms with Crippen LogP contribution in [0.2, 0.25) is 0 Å². The average molecular weight is 295 g/mol. The van der Waals surface area contributed by atoms with E-state index in [0.29, 0.717) is 0 Å². The molecule has 3 heterocycles. The first-order valence-corrected chi connectivity index (χ1v) is 7.00. The highest BCUT2D eigenvalue weighted by molar-refractivity contribution is 5.65. The highest BCUT2D eigenvalue weighted by Gasteiger charge is 2.08. The van der Waals surface area contributed by atoms with Gasteiger partial charge >= 0.3 is 0 Å². The van der Waals surface area contributed by atoms with Gasteiger partial charge in [0.05, 0.1) is 6.34 Å². The monoisotopic (exact) mass is 295 g/mol. The topological polar surface area (TPSA) is 64.1 Å². The molecule has 22 heavy (non-hydrogen) atoms. The van der Waals surface area contributed by atoms with Crippen molar-refractivity contribution in [2.75, 3.05) is 13.6 Å². The van der Waals surface area contributed by atoms with E-state index in [4.69, 9.17) is 0 Å². The Morgan fingerprint density at radius 2 is 1.86 bits per heavy atom. The second-order valence-electron chi connectivity index (χ2n) is 4.77. The van der Waals surface area contributed by atoms with E-state index in [2.05, 4.69) is 26.9 Å². The summed E-state index contributed by atoms with van der Waals surface area (Å²) >= 11 is 0. The summed E-state index contributed by atoms with van der Waals surface area (Å²) in [5.41, 5.74) is 0.780. The molecule has 7 nitrogen and oxygen atoms in total. The highest BCUT2D eigenvalue weighted by atomic mass is 15.2. The molecule has 0 aliphatic carbocycles. The number of pyridine rings is 1. The molecule has 3 aromatic rings. The highest BCUT2D eigenvalue weighted by Crippen LogP contribution is 2.22. The number of imidazole rings is 2. The Bertz CT molecular complexity index is 744. The van der Waals surface area contributed by atoms with E-state index in [1.165, 1.54) is 0 Å². The largest absolute Gasteiger partial charge is 0.366 e.